The number of rotatable bonds is 8. The van der Waals surface area contributed by atoms with Crippen molar-refractivity contribution in [2.24, 2.45) is 0 Å². The number of methoxy groups -OCH3 is 1. The van der Waals surface area contributed by atoms with Crippen molar-refractivity contribution >= 4 is 12.0 Å². The molecule has 0 fully saturated rings. The van der Waals surface area contributed by atoms with Crippen LogP contribution in [0, 0.1) is 0 Å². The number of aliphatic hydroxyl groups excluding tert-OH is 1. The molecule has 0 unspecified atom stereocenters. The maximum Gasteiger partial charge on any atom is 0.244 e. The average Bonchev–Trinajstić information content (AvgIpc) is 2.45. The third-order valence-corrected chi connectivity index (χ3v) is 2.32. The van der Waals surface area contributed by atoms with Gasteiger partial charge in [-0.3, -0.25) is 4.79 Å². The summed E-state index contributed by atoms with van der Waals surface area (Å²) >= 11 is 0. The van der Waals surface area contributed by atoms with Crippen LogP contribution in [-0.4, -0.2) is 44.5 Å². The topological polar surface area (TPSA) is 67.8 Å². The lowest BCUT2D eigenvalue weighted by molar-refractivity contribution is -0.116. The van der Waals surface area contributed by atoms with Crippen LogP contribution >= 0.6 is 0 Å². The number of carbonyl (C=O) groups excluding carboxylic acids is 1. The highest BCUT2D eigenvalue weighted by atomic mass is 16.5. The van der Waals surface area contributed by atoms with Crippen molar-refractivity contribution in [1.82, 2.24) is 5.32 Å². The van der Waals surface area contributed by atoms with Gasteiger partial charge in [0.25, 0.3) is 0 Å². The molecule has 0 heterocycles. The van der Waals surface area contributed by atoms with E-state index in [0.29, 0.717) is 13.2 Å². The molecule has 1 aromatic rings. The maximum absolute atomic E-state index is 11.4. The van der Waals surface area contributed by atoms with E-state index in [9.17, 15) is 4.79 Å². The van der Waals surface area contributed by atoms with E-state index in [1.165, 1.54) is 6.08 Å². The van der Waals surface area contributed by atoms with Crippen LogP contribution in [0.1, 0.15) is 5.56 Å². The Labute approximate surface area is 112 Å². The summed E-state index contributed by atoms with van der Waals surface area (Å²) in [7, 11) is 1.61. The lowest BCUT2D eigenvalue weighted by Crippen LogP contribution is -2.25. The van der Waals surface area contributed by atoms with E-state index in [1.54, 1.807) is 13.2 Å². The zero-order chi connectivity index (χ0) is 13.9. The summed E-state index contributed by atoms with van der Waals surface area (Å²) in [6, 6.07) is 7.40. The van der Waals surface area contributed by atoms with Gasteiger partial charge < -0.3 is 19.9 Å². The molecular weight excluding hydrogens is 246 g/mol. The third-order valence-electron chi connectivity index (χ3n) is 2.32. The lowest BCUT2D eigenvalue weighted by atomic mass is 10.2. The van der Waals surface area contributed by atoms with Crippen molar-refractivity contribution in [1.29, 1.82) is 0 Å². The molecule has 1 amide bonds. The van der Waals surface area contributed by atoms with Crippen molar-refractivity contribution < 1.29 is 19.4 Å². The summed E-state index contributed by atoms with van der Waals surface area (Å²) in [5.74, 6) is 0.603. The van der Waals surface area contributed by atoms with Gasteiger partial charge in [-0.1, -0.05) is 12.1 Å². The zero-order valence-corrected chi connectivity index (χ0v) is 11.0. The number of ether oxygens (including phenoxy) is 2. The highest BCUT2D eigenvalue weighted by Crippen LogP contribution is 2.11. The summed E-state index contributed by atoms with van der Waals surface area (Å²) in [5.41, 5.74) is 0.924. The summed E-state index contributed by atoms with van der Waals surface area (Å²) in [4.78, 5) is 11.4. The van der Waals surface area contributed by atoms with Crippen LogP contribution in [-0.2, 0) is 9.53 Å². The Bertz CT molecular complexity index is 400. The van der Waals surface area contributed by atoms with Gasteiger partial charge in [0.15, 0.2) is 0 Å². The quantitative estimate of drug-likeness (QED) is 0.540. The monoisotopic (exact) mass is 265 g/mol. The number of carbonyl (C=O) groups is 1. The molecule has 0 bridgehead atoms. The van der Waals surface area contributed by atoms with Crippen molar-refractivity contribution in [2.75, 3.05) is 33.5 Å². The molecule has 2 N–H and O–H groups in total. The number of hydrogen-bond donors (Lipinski definition) is 2. The normalized spacial score (nSPS) is 10.6. The molecule has 0 spiro atoms. The minimum Gasteiger partial charge on any atom is -0.497 e. The Hall–Kier alpha value is -1.85. The van der Waals surface area contributed by atoms with E-state index in [0.717, 1.165) is 11.3 Å². The van der Waals surface area contributed by atoms with Gasteiger partial charge in [0.2, 0.25) is 5.91 Å². The zero-order valence-electron chi connectivity index (χ0n) is 11.0. The fourth-order valence-electron chi connectivity index (χ4n) is 1.36. The lowest BCUT2D eigenvalue weighted by Gasteiger charge is -2.03. The molecule has 0 atom stereocenters. The van der Waals surface area contributed by atoms with E-state index < -0.39 is 0 Å². The van der Waals surface area contributed by atoms with Crippen molar-refractivity contribution in [2.45, 2.75) is 0 Å². The van der Waals surface area contributed by atoms with Gasteiger partial charge in [-0.15, -0.1) is 0 Å². The van der Waals surface area contributed by atoms with Gasteiger partial charge in [-0.2, -0.15) is 0 Å². The van der Waals surface area contributed by atoms with Gasteiger partial charge in [-0.25, -0.2) is 0 Å². The van der Waals surface area contributed by atoms with Crippen LogP contribution in [0.15, 0.2) is 30.3 Å². The molecule has 0 aliphatic rings. The second kappa shape index (κ2) is 9.13. The first-order valence-corrected chi connectivity index (χ1v) is 6.05. The minimum absolute atomic E-state index is 0.00861. The van der Waals surface area contributed by atoms with Crippen LogP contribution in [0.2, 0.25) is 0 Å². The molecule has 0 aliphatic carbocycles. The Morgan fingerprint density at radius 2 is 2.05 bits per heavy atom. The number of amides is 1. The first-order valence-electron chi connectivity index (χ1n) is 6.05. The summed E-state index contributed by atoms with van der Waals surface area (Å²) < 4.78 is 10.1. The SMILES string of the molecule is COc1ccc(C=CC(=O)NCCOCCO)cc1. The largest absolute Gasteiger partial charge is 0.497 e. The first kappa shape index (κ1) is 15.2. The highest BCUT2D eigenvalue weighted by Gasteiger charge is 1.95. The fraction of sp³-hybridized carbons (Fsp3) is 0.357. The highest BCUT2D eigenvalue weighted by molar-refractivity contribution is 5.91. The predicted molar refractivity (Wildman–Crippen MR) is 72.9 cm³/mol. The number of nitrogens with one attached hydrogen (secondary N) is 1. The standard InChI is InChI=1S/C14H19NO4/c1-18-13-5-2-12(3-6-13)4-7-14(17)15-8-10-19-11-9-16/h2-7,16H,8-11H2,1H3,(H,15,17). The molecule has 0 radical (unpaired) electrons. The second-order valence-corrected chi connectivity index (χ2v) is 3.73. The van der Waals surface area contributed by atoms with Gasteiger partial charge in [-0.05, 0) is 23.8 Å². The first-order chi connectivity index (χ1) is 9.26. The Morgan fingerprint density at radius 1 is 1.32 bits per heavy atom. The molecule has 1 rings (SSSR count). The molecule has 1 aromatic carbocycles. The molecular formula is C14H19NO4. The molecule has 104 valence electrons. The Balaban J connectivity index is 2.28. The van der Waals surface area contributed by atoms with Crippen LogP contribution in [0.3, 0.4) is 0 Å². The van der Waals surface area contributed by atoms with E-state index in [1.807, 2.05) is 24.3 Å². The van der Waals surface area contributed by atoms with Gasteiger partial charge in [0, 0.05) is 12.6 Å². The van der Waals surface area contributed by atoms with Gasteiger partial charge >= 0.3 is 0 Å². The average molecular weight is 265 g/mol. The van der Waals surface area contributed by atoms with E-state index in [-0.39, 0.29) is 19.1 Å². The molecule has 5 nitrogen and oxygen atoms in total. The predicted octanol–water partition coefficient (Wildman–Crippen LogP) is 0.833. The molecule has 0 aliphatic heterocycles. The number of benzene rings is 1. The number of aliphatic hydroxyl groups is 1. The summed E-state index contributed by atoms with van der Waals surface area (Å²) in [6.07, 6.45) is 3.19. The Kier molecular flexibility index (Phi) is 7.31. The Morgan fingerprint density at radius 3 is 2.68 bits per heavy atom. The summed E-state index contributed by atoms with van der Waals surface area (Å²) in [6.45, 7) is 1.09. The fourth-order valence-corrected chi connectivity index (χ4v) is 1.36. The van der Waals surface area contributed by atoms with Crippen LogP contribution < -0.4 is 10.1 Å². The number of hydrogen-bond acceptors (Lipinski definition) is 4. The van der Waals surface area contributed by atoms with Crippen molar-refractivity contribution in [3.63, 3.8) is 0 Å². The van der Waals surface area contributed by atoms with Gasteiger partial charge in [0.05, 0.1) is 26.9 Å². The maximum atomic E-state index is 11.4. The molecule has 5 heteroatoms. The van der Waals surface area contributed by atoms with Gasteiger partial charge in [0.1, 0.15) is 5.75 Å². The van der Waals surface area contributed by atoms with Crippen LogP contribution in [0.25, 0.3) is 6.08 Å². The van der Waals surface area contributed by atoms with Crippen LogP contribution in [0.4, 0.5) is 0 Å². The molecule has 19 heavy (non-hydrogen) atoms. The third kappa shape index (κ3) is 6.59. The minimum atomic E-state index is -0.177. The molecule has 0 saturated heterocycles. The van der Waals surface area contributed by atoms with E-state index in [2.05, 4.69) is 5.32 Å². The molecule has 0 aromatic heterocycles. The summed E-state index contributed by atoms with van der Waals surface area (Å²) in [5, 5.41) is 11.2. The smallest absolute Gasteiger partial charge is 0.244 e. The van der Waals surface area contributed by atoms with Crippen molar-refractivity contribution in [3.8, 4) is 5.75 Å². The van der Waals surface area contributed by atoms with Crippen LogP contribution in [0.5, 0.6) is 5.75 Å². The van der Waals surface area contributed by atoms with Crippen molar-refractivity contribution in [3.05, 3.63) is 35.9 Å². The molecule has 0 saturated carbocycles. The second-order valence-electron chi connectivity index (χ2n) is 3.73. The van der Waals surface area contributed by atoms with E-state index >= 15 is 0 Å². The van der Waals surface area contributed by atoms with E-state index in [4.69, 9.17) is 14.6 Å².